The van der Waals surface area contributed by atoms with Gasteiger partial charge in [0.1, 0.15) is 0 Å². The van der Waals surface area contributed by atoms with Gasteiger partial charge in [0.25, 0.3) is 0 Å². The highest BCUT2D eigenvalue weighted by Crippen LogP contribution is 2.36. The Morgan fingerprint density at radius 1 is 1.39 bits per heavy atom. The zero-order chi connectivity index (χ0) is 13.2. The van der Waals surface area contributed by atoms with Gasteiger partial charge in [-0.1, -0.05) is 17.7 Å². The monoisotopic (exact) mass is 264 g/mol. The first-order chi connectivity index (χ1) is 8.57. The Morgan fingerprint density at radius 3 is 2.61 bits per heavy atom. The van der Waals surface area contributed by atoms with E-state index in [9.17, 15) is 5.26 Å². The van der Waals surface area contributed by atoms with Crippen LogP contribution in [0.5, 0.6) is 0 Å². The summed E-state index contributed by atoms with van der Waals surface area (Å²) in [7, 11) is 0. The zero-order valence-electron chi connectivity index (χ0n) is 10.4. The molecular weight excluding hydrogens is 248 g/mol. The van der Waals surface area contributed by atoms with Crippen molar-refractivity contribution >= 4 is 11.6 Å². The van der Waals surface area contributed by atoms with Crippen molar-refractivity contribution in [3.8, 4) is 6.07 Å². The molecule has 1 fully saturated rings. The molecule has 2 N–H and O–H groups in total. The summed E-state index contributed by atoms with van der Waals surface area (Å²) >= 11 is 6.14. The van der Waals surface area contributed by atoms with Crippen LogP contribution >= 0.6 is 11.6 Å². The molecule has 1 aromatic rings. The van der Waals surface area contributed by atoms with Crippen molar-refractivity contribution in [1.29, 1.82) is 5.26 Å². The fourth-order valence-electron chi connectivity index (χ4n) is 2.34. The van der Waals surface area contributed by atoms with E-state index in [1.54, 1.807) is 0 Å². The largest absolute Gasteiger partial charge is 0.381 e. The van der Waals surface area contributed by atoms with Crippen molar-refractivity contribution in [2.75, 3.05) is 13.2 Å². The zero-order valence-corrected chi connectivity index (χ0v) is 11.2. The number of ether oxygens (including phenoxy) is 1. The summed E-state index contributed by atoms with van der Waals surface area (Å²) < 4.78 is 5.35. The molecule has 0 spiro atoms. The number of rotatable bonds is 2. The highest BCUT2D eigenvalue weighted by Gasteiger charge is 2.35. The maximum atomic E-state index is 9.54. The van der Waals surface area contributed by atoms with Crippen LogP contribution < -0.4 is 5.73 Å². The highest BCUT2D eigenvalue weighted by molar-refractivity contribution is 6.30. The van der Waals surface area contributed by atoms with Crippen LogP contribution in [0.3, 0.4) is 0 Å². The molecule has 1 aliphatic heterocycles. The van der Waals surface area contributed by atoms with E-state index in [0.717, 1.165) is 11.1 Å². The minimum atomic E-state index is -0.479. The van der Waals surface area contributed by atoms with Crippen LogP contribution in [-0.2, 0) is 10.2 Å². The second-order valence-electron chi connectivity index (χ2n) is 4.87. The van der Waals surface area contributed by atoms with E-state index < -0.39 is 5.41 Å². The first-order valence-corrected chi connectivity index (χ1v) is 6.51. The maximum Gasteiger partial charge on any atom is 0.0866 e. The SMILES string of the molecule is CC(N)c1cc(Cl)cc(C2(C#N)CCOCC2)c1. The van der Waals surface area contributed by atoms with E-state index >= 15 is 0 Å². The average Bonchev–Trinajstić information content (AvgIpc) is 2.38. The average molecular weight is 265 g/mol. The lowest BCUT2D eigenvalue weighted by Crippen LogP contribution is -2.32. The summed E-state index contributed by atoms with van der Waals surface area (Å²) in [6.07, 6.45) is 1.42. The summed E-state index contributed by atoms with van der Waals surface area (Å²) in [6.45, 7) is 3.15. The van der Waals surface area contributed by atoms with Gasteiger partial charge in [0.05, 0.1) is 11.5 Å². The molecule has 0 aliphatic carbocycles. The molecule has 0 saturated carbocycles. The standard InChI is InChI=1S/C14H17ClN2O/c1-10(17)11-6-12(8-13(15)7-11)14(9-16)2-4-18-5-3-14/h6-8,10H,2-5,17H2,1H3. The smallest absolute Gasteiger partial charge is 0.0866 e. The molecule has 2 rings (SSSR count). The number of nitrogens with two attached hydrogens (primary N) is 1. The van der Waals surface area contributed by atoms with Crippen LogP contribution in [0.25, 0.3) is 0 Å². The molecule has 0 radical (unpaired) electrons. The minimum Gasteiger partial charge on any atom is -0.381 e. The molecule has 96 valence electrons. The molecule has 1 aromatic carbocycles. The van der Waals surface area contributed by atoms with E-state index in [1.165, 1.54) is 0 Å². The number of nitrogens with zero attached hydrogens (tertiary/aromatic N) is 1. The van der Waals surface area contributed by atoms with Crippen LogP contribution in [0.2, 0.25) is 5.02 Å². The predicted molar refractivity (Wildman–Crippen MR) is 71.4 cm³/mol. The number of hydrogen-bond donors (Lipinski definition) is 1. The fraction of sp³-hybridized carbons (Fsp3) is 0.500. The first-order valence-electron chi connectivity index (χ1n) is 6.13. The molecule has 1 atom stereocenters. The first kappa shape index (κ1) is 13.4. The van der Waals surface area contributed by atoms with Crippen molar-refractivity contribution in [2.45, 2.75) is 31.2 Å². The van der Waals surface area contributed by atoms with Crippen molar-refractivity contribution < 1.29 is 4.74 Å². The number of benzene rings is 1. The van der Waals surface area contributed by atoms with Crippen molar-refractivity contribution in [2.24, 2.45) is 5.73 Å². The molecule has 4 heteroatoms. The van der Waals surface area contributed by atoms with Crippen LogP contribution in [0.4, 0.5) is 0 Å². The Bertz CT molecular complexity index is 473. The third-order valence-electron chi connectivity index (χ3n) is 3.56. The fourth-order valence-corrected chi connectivity index (χ4v) is 2.58. The van der Waals surface area contributed by atoms with Crippen LogP contribution in [0.15, 0.2) is 18.2 Å². The number of hydrogen-bond acceptors (Lipinski definition) is 3. The van der Waals surface area contributed by atoms with Crippen molar-refractivity contribution in [3.05, 3.63) is 34.3 Å². The topological polar surface area (TPSA) is 59.0 Å². The molecule has 18 heavy (non-hydrogen) atoms. The summed E-state index contributed by atoms with van der Waals surface area (Å²) in [6, 6.07) is 8.11. The lowest BCUT2D eigenvalue weighted by molar-refractivity contribution is 0.0675. The van der Waals surface area contributed by atoms with Gasteiger partial charge in [-0.3, -0.25) is 0 Å². The molecule has 1 heterocycles. The molecule has 0 amide bonds. The Labute approximate surface area is 112 Å². The molecule has 0 bridgehead atoms. The quantitative estimate of drug-likeness (QED) is 0.893. The minimum absolute atomic E-state index is 0.0852. The second kappa shape index (κ2) is 5.27. The summed E-state index contributed by atoms with van der Waals surface area (Å²) in [5, 5.41) is 10.2. The van der Waals surface area contributed by atoms with Crippen molar-refractivity contribution in [1.82, 2.24) is 0 Å². The lowest BCUT2D eigenvalue weighted by atomic mass is 9.75. The number of halogens is 1. The van der Waals surface area contributed by atoms with Crippen LogP contribution in [0, 0.1) is 11.3 Å². The molecule has 0 aromatic heterocycles. The molecular formula is C14H17ClN2O. The van der Waals surface area contributed by atoms with Gasteiger partial charge in [-0.2, -0.15) is 5.26 Å². The molecule has 1 aliphatic rings. The van der Waals surface area contributed by atoms with Gasteiger partial charge in [0, 0.05) is 24.3 Å². The van der Waals surface area contributed by atoms with Gasteiger partial charge in [-0.15, -0.1) is 0 Å². The summed E-state index contributed by atoms with van der Waals surface area (Å²) in [5.41, 5.74) is 7.36. The van der Waals surface area contributed by atoms with Gasteiger partial charge in [-0.25, -0.2) is 0 Å². The van der Waals surface area contributed by atoms with Gasteiger partial charge >= 0.3 is 0 Å². The van der Waals surface area contributed by atoms with Crippen molar-refractivity contribution in [3.63, 3.8) is 0 Å². The number of nitriles is 1. The lowest BCUT2D eigenvalue weighted by Gasteiger charge is -2.31. The van der Waals surface area contributed by atoms with Gasteiger partial charge in [0.2, 0.25) is 0 Å². The van der Waals surface area contributed by atoms with E-state index in [4.69, 9.17) is 22.1 Å². The Morgan fingerprint density at radius 2 is 2.06 bits per heavy atom. The Kier molecular flexibility index (Phi) is 3.91. The van der Waals surface area contributed by atoms with Gasteiger partial charge in [-0.05, 0) is 43.0 Å². The molecule has 1 unspecified atom stereocenters. The second-order valence-corrected chi connectivity index (χ2v) is 5.30. The van der Waals surface area contributed by atoms with E-state index in [2.05, 4.69) is 6.07 Å². The van der Waals surface area contributed by atoms with Crippen LogP contribution in [-0.4, -0.2) is 13.2 Å². The van der Waals surface area contributed by atoms with Crippen LogP contribution in [0.1, 0.15) is 36.9 Å². The van der Waals surface area contributed by atoms with E-state index in [1.807, 2.05) is 25.1 Å². The van der Waals surface area contributed by atoms with E-state index in [0.29, 0.717) is 31.1 Å². The Hall–Kier alpha value is -1.08. The van der Waals surface area contributed by atoms with E-state index in [-0.39, 0.29) is 6.04 Å². The third-order valence-corrected chi connectivity index (χ3v) is 3.78. The molecule has 3 nitrogen and oxygen atoms in total. The maximum absolute atomic E-state index is 9.54. The summed E-state index contributed by atoms with van der Waals surface area (Å²) in [4.78, 5) is 0. The normalized spacial score (nSPS) is 20.1. The molecule has 1 saturated heterocycles. The van der Waals surface area contributed by atoms with Gasteiger partial charge in [0.15, 0.2) is 0 Å². The highest BCUT2D eigenvalue weighted by atomic mass is 35.5. The van der Waals surface area contributed by atoms with Gasteiger partial charge < -0.3 is 10.5 Å². The summed E-state index contributed by atoms with van der Waals surface area (Å²) in [5.74, 6) is 0. The Balaban J connectivity index is 2.45. The third kappa shape index (κ3) is 2.51. The predicted octanol–water partition coefficient (Wildman–Crippen LogP) is 2.93.